The van der Waals surface area contributed by atoms with Crippen LogP contribution < -0.4 is 0 Å². The highest BCUT2D eigenvalue weighted by Gasteiger charge is 2.52. The number of aliphatic imine (C=N–C) groups is 1. The monoisotopic (exact) mass is 457 g/mol. The molecule has 1 aliphatic rings. The molecule has 0 unspecified atom stereocenters. The van der Waals surface area contributed by atoms with Crippen molar-refractivity contribution >= 4 is 64.2 Å². The Bertz CT molecular complexity index is 439. The highest BCUT2D eigenvalue weighted by molar-refractivity contribution is 9.09. The molecule has 0 N–H and O–H groups in total. The van der Waals surface area contributed by atoms with Crippen LogP contribution in [0.5, 0.6) is 0 Å². The van der Waals surface area contributed by atoms with Crippen molar-refractivity contribution in [1.82, 2.24) is 0 Å². The quantitative estimate of drug-likeness (QED) is 0.280. The normalized spacial score (nSPS) is 24.0. The summed E-state index contributed by atoms with van der Waals surface area (Å²) in [6, 6.07) is -0.520. The first-order valence-corrected chi connectivity index (χ1v) is 10.5. The van der Waals surface area contributed by atoms with Crippen molar-refractivity contribution in [2.24, 2.45) is 4.99 Å². The second-order valence-electron chi connectivity index (χ2n) is 4.85. The number of hydrogen-bond donors (Lipinski definition) is 0. The minimum Gasteiger partial charge on any atom is -0.459 e. The zero-order valence-corrected chi connectivity index (χ0v) is 17.3. The van der Waals surface area contributed by atoms with E-state index in [4.69, 9.17) is 48.6 Å². The van der Waals surface area contributed by atoms with Crippen molar-refractivity contribution in [2.75, 3.05) is 14.2 Å². The molecule has 0 aromatic rings. The topological polar surface area (TPSA) is 57.1 Å². The first kappa shape index (κ1) is 21.0. The number of halogens is 4. The molecule has 0 saturated carbocycles. The molecule has 0 spiro atoms. The number of alkyl halides is 4. The smallest absolute Gasteiger partial charge is 0.372 e. The summed E-state index contributed by atoms with van der Waals surface area (Å²) in [6.07, 6.45) is 4.01. The predicted molar refractivity (Wildman–Crippen MR) is 94.9 cm³/mol. The molecule has 0 aliphatic carbocycles. The summed E-state index contributed by atoms with van der Waals surface area (Å²) < 4.78 is 26.4. The van der Waals surface area contributed by atoms with Crippen molar-refractivity contribution in [3.63, 3.8) is 0 Å². The van der Waals surface area contributed by atoms with Gasteiger partial charge in [-0.15, -0.1) is 0 Å². The van der Waals surface area contributed by atoms with Crippen LogP contribution in [-0.2, 0) is 18.3 Å². The summed E-state index contributed by atoms with van der Waals surface area (Å²) in [5, 5.41) is 0. The second kappa shape index (κ2) is 8.89. The largest absolute Gasteiger partial charge is 0.459 e. The minimum atomic E-state index is -3.53. The molecule has 0 fully saturated rings. The van der Waals surface area contributed by atoms with Crippen molar-refractivity contribution in [2.45, 2.75) is 53.1 Å². The summed E-state index contributed by atoms with van der Waals surface area (Å²) in [6.45, 7) is 2.12. The molecule has 130 valence electrons. The van der Waals surface area contributed by atoms with Gasteiger partial charge in [0.2, 0.25) is 11.7 Å². The number of ether oxygens (including phenoxy) is 1. The summed E-state index contributed by atoms with van der Waals surface area (Å²) in [5.74, 6) is -1.04. The zero-order chi connectivity index (χ0) is 17.0. The molecule has 1 heterocycles. The molecule has 0 aromatic carbocycles. The maximum atomic E-state index is 12.7. The predicted octanol–water partition coefficient (Wildman–Crippen LogP) is 5.31. The fourth-order valence-corrected chi connectivity index (χ4v) is 4.78. The molecule has 0 bridgehead atoms. The van der Waals surface area contributed by atoms with Gasteiger partial charge in [0.1, 0.15) is 6.04 Å². The van der Waals surface area contributed by atoms with Gasteiger partial charge in [-0.3, -0.25) is 4.57 Å². The lowest BCUT2D eigenvalue weighted by Gasteiger charge is -2.26. The fourth-order valence-electron chi connectivity index (χ4n) is 2.11. The Balaban J connectivity index is 2.98. The van der Waals surface area contributed by atoms with Gasteiger partial charge in [0, 0.05) is 19.0 Å². The molecule has 1 aliphatic heterocycles. The van der Waals surface area contributed by atoms with Gasteiger partial charge in [-0.05, 0) is 6.42 Å². The van der Waals surface area contributed by atoms with E-state index in [1.807, 2.05) is 0 Å². The molecule has 0 amide bonds. The Kier molecular flexibility index (Phi) is 8.49. The van der Waals surface area contributed by atoms with E-state index in [9.17, 15) is 4.57 Å². The van der Waals surface area contributed by atoms with Gasteiger partial charge in [-0.2, -0.15) is 0 Å². The van der Waals surface area contributed by atoms with Crippen molar-refractivity contribution in [3.05, 3.63) is 0 Å². The van der Waals surface area contributed by atoms with Gasteiger partial charge in [0.05, 0.1) is 0 Å². The van der Waals surface area contributed by atoms with Crippen LogP contribution in [0.3, 0.4) is 0 Å². The second-order valence-corrected chi connectivity index (χ2v) is 10.6. The maximum Gasteiger partial charge on any atom is 0.372 e. The Labute approximate surface area is 154 Å². The Morgan fingerprint density at radius 1 is 1.36 bits per heavy atom. The average Bonchev–Trinajstić information content (AvgIpc) is 2.92. The van der Waals surface area contributed by atoms with Crippen molar-refractivity contribution in [3.8, 4) is 0 Å². The third kappa shape index (κ3) is 5.23. The molecule has 5 nitrogen and oxygen atoms in total. The van der Waals surface area contributed by atoms with Crippen LogP contribution in [0.1, 0.15) is 32.6 Å². The first-order valence-electron chi connectivity index (χ1n) is 6.86. The Hall–Kier alpha value is 0.970. The van der Waals surface area contributed by atoms with E-state index in [1.165, 1.54) is 14.2 Å². The lowest BCUT2D eigenvalue weighted by atomic mass is 10.1. The van der Waals surface area contributed by atoms with Crippen LogP contribution in [0.4, 0.5) is 0 Å². The third-order valence-corrected chi connectivity index (χ3v) is 6.84. The first-order chi connectivity index (χ1) is 10.2. The third-order valence-electron chi connectivity index (χ3n) is 3.31. The van der Waals surface area contributed by atoms with Crippen LogP contribution in [0.25, 0.3) is 0 Å². The van der Waals surface area contributed by atoms with E-state index in [2.05, 4.69) is 27.8 Å². The Morgan fingerprint density at radius 3 is 2.41 bits per heavy atom. The summed E-state index contributed by atoms with van der Waals surface area (Å²) in [7, 11) is -0.947. The SMILES string of the molecule is CCCCC[C@@H](Br)[C@H]1N=C(C(Cl)(Cl)Cl)O[C@H]1P(=O)(OC)OC. The van der Waals surface area contributed by atoms with E-state index in [0.717, 1.165) is 25.7 Å². The van der Waals surface area contributed by atoms with Crippen LogP contribution in [-0.4, -0.2) is 40.6 Å². The average molecular weight is 460 g/mol. The van der Waals surface area contributed by atoms with E-state index in [-0.39, 0.29) is 10.7 Å². The van der Waals surface area contributed by atoms with Crippen LogP contribution in [0.15, 0.2) is 4.99 Å². The highest BCUT2D eigenvalue weighted by atomic mass is 79.9. The molecular formula is C12H20BrCl3NO4P. The van der Waals surface area contributed by atoms with Crippen molar-refractivity contribution < 1.29 is 18.3 Å². The van der Waals surface area contributed by atoms with Gasteiger partial charge in [0.25, 0.3) is 3.79 Å². The molecule has 3 atom stereocenters. The van der Waals surface area contributed by atoms with Crippen LogP contribution >= 0.6 is 58.3 Å². The lowest BCUT2D eigenvalue weighted by Crippen LogP contribution is -2.32. The Morgan fingerprint density at radius 2 is 1.95 bits per heavy atom. The molecule has 0 aromatic heterocycles. The standard InChI is InChI=1S/C12H20BrCl3NO4P/c1-4-5-6-7-8(13)9-10(22(18,19-2)20-3)21-11(17-9)12(14,15)16/h8-10H,4-7H2,1-3H3/t8-,9-,10+/m1/s1. The zero-order valence-electron chi connectivity index (χ0n) is 12.6. The highest BCUT2D eigenvalue weighted by Crippen LogP contribution is 2.57. The number of nitrogens with zero attached hydrogens (tertiary/aromatic N) is 1. The molecule has 22 heavy (non-hydrogen) atoms. The van der Waals surface area contributed by atoms with Gasteiger partial charge >= 0.3 is 7.60 Å². The van der Waals surface area contributed by atoms with Gasteiger partial charge in [-0.1, -0.05) is 76.9 Å². The maximum absolute atomic E-state index is 12.7. The van der Waals surface area contributed by atoms with Gasteiger partial charge in [-0.25, -0.2) is 4.99 Å². The summed E-state index contributed by atoms with van der Waals surface area (Å²) in [5.41, 5.74) is 0. The van der Waals surface area contributed by atoms with E-state index < -0.39 is 23.3 Å². The van der Waals surface area contributed by atoms with E-state index in [1.54, 1.807) is 0 Å². The molecule has 10 heteroatoms. The molecule has 0 radical (unpaired) electrons. The van der Waals surface area contributed by atoms with Crippen LogP contribution in [0, 0.1) is 0 Å². The number of hydrogen-bond acceptors (Lipinski definition) is 5. The molecular weight excluding hydrogens is 439 g/mol. The number of unbranched alkanes of at least 4 members (excludes halogenated alkanes) is 2. The van der Waals surface area contributed by atoms with Gasteiger partial charge < -0.3 is 13.8 Å². The van der Waals surface area contributed by atoms with Crippen LogP contribution in [0.2, 0.25) is 0 Å². The summed E-state index contributed by atoms with van der Waals surface area (Å²) in [4.78, 5) is 4.21. The fraction of sp³-hybridized carbons (Fsp3) is 0.917. The summed E-state index contributed by atoms with van der Waals surface area (Å²) >= 11 is 21.1. The molecule has 1 rings (SSSR count). The van der Waals surface area contributed by atoms with Gasteiger partial charge in [0.15, 0.2) is 0 Å². The van der Waals surface area contributed by atoms with E-state index in [0.29, 0.717) is 0 Å². The number of rotatable bonds is 8. The van der Waals surface area contributed by atoms with Crippen molar-refractivity contribution in [1.29, 1.82) is 0 Å². The van der Waals surface area contributed by atoms with E-state index >= 15 is 0 Å². The lowest BCUT2D eigenvalue weighted by molar-refractivity contribution is 0.181. The minimum absolute atomic E-state index is 0.0903. The molecule has 0 saturated heterocycles.